The van der Waals surface area contributed by atoms with Crippen molar-refractivity contribution in [3.05, 3.63) is 58.7 Å². The third-order valence-corrected chi connectivity index (χ3v) is 3.94. The maximum Gasteiger partial charge on any atom is 0.344 e. The zero-order chi connectivity index (χ0) is 20.7. The molecule has 0 radical (unpaired) electrons. The van der Waals surface area contributed by atoms with E-state index in [4.69, 9.17) is 9.47 Å². The van der Waals surface area contributed by atoms with Gasteiger partial charge in [0.1, 0.15) is 5.75 Å². The van der Waals surface area contributed by atoms with E-state index in [0.29, 0.717) is 17.0 Å². The average molecular weight is 384 g/mol. The quantitative estimate of drug-likeness (QED) is 0.716. The lowest BCUT2D eigenvalue weighted by Gasteiger charge is -2.13. The number of nitrogens with one attached hydrogen (secondary N) is 2. The predicted octanol–water partition coefficient (Wildman–Crippen LogP) is 2.53. The van der Waals surface area contributed by atoms with Crippen LogP contribution < -0.4 is 15.4 Å². The molecule has 0 saturated carbocycles. The number of esters is 1. The van der Waals surface area contributed by atoms with Gasteiger partial charge in [0.25, 0.3) is 11.8 Å². The van der Waals surface area contributed by atoms with E-state index in [0.717, 1.165) is 16.7 Å². The second-order valence-electron chi connectivity index (χ2n) is 6.39. The Hall–Kier alpha value is -3.35. The number of ether oxygens (including phenoxy) is 2. The topological polar surface area (TPSA) is 93.7 Å². The molecule has 28 heavy (non-hydrogen) atoms. The summed E-state index contributed by atoms with van der Waals surface area (Å²) < 4.78 is 10.5. The van der Waals surface area contributed by atoms with Crippen molar-refractivity contribution in [2.24, 2.45) is 0 Å². The van der Waals surface area contributed by atoms with Crippen LogP contribution in [0.5, 0.6) is 5.75 Å². The van der Waals surface area contributed by atoms with Crippen molar-refractivity contribution in [2.45, 2.75) is 20.8 Å². The highest BCUT2D eigenvalue weighted by Crippen LogP contribution is 2.24. The molecular weight excluding hydrogens is 360 g/mol. The van der Waals surface area contributed by atoms with Crippen LogP contribution in [0.25, 0.3) is 0 Å². The average Bonchev–Trinajstić information content (AvgIpc) is 2.65. The first kappa shape index (κ1) is 21.0. The highest BCUT2D eigenvalue weighted by Gasteiger charge is 2.12. The fraction of sp³-hybridized carbons (Fsp3) is 0.286. The molecule has 0 spiro atoms. The zero-order valence-electron chi connectivity index (χ0n) is 16.4. The number of rotatable bonds is 7. The summed E-state index contributed by atoms with van der Waals surface area (Å²) in [7, 11) is 1.52. The van der Waals surface area contributed by atoms with E-state index in [2.05, 4.69) is 10.6 Å². The van der Waals surface area contributed by atoms with Crippen molar-refractivity contribution in [3.63, 3.8) is 0 Å². The van der Waals surface area contributed by atoms with Gasteiger partial charge in [0, 0.05) is 18.3 Å². The van der Waals surface area contributed by atoms with E-state index in [1.807, 2.05) is 32.9 Å². The van der Waals surface area contributed by atoms with Crippen LogP contribution in [0.2, 0.25) is 0 Å². The molecule has 2 aromatic carbocycles. The minimum Gasteiger partial charge on any atom is -0.481 e. The molecule has 0 unspecified atom stereocenters. The lowest BCUT2D eigenvalue weighted by atomic mass is 10.1. The largest absolute Gasteiger partial charge is 0.481 e. The van der Waals surface area contributed by atoms with Gasteiger partial charge in [0.15, 0.2) is 13.2 Å². The Labute approximate surface area is 164 Å². The van der Waals surface area contributed by atoms with Crippen LogP contribution in [0.1, 0.15) is 27.0 Å². The Balaban J connectivity index is 1.83. The molecule has 0 atom stereocenters. The summed E-state index contributed by atoms with van der Waals surface area (Å²) >= 11 is 0. The van der Waals surface area contributed by atoms with Crippen molar-refractivity contribution >= 4 is 23.5 Å². The SMILES string of the molecule is CNC(=O)c1cccc(NC(=O)COC(=O)COc2c(C)cc(C)cc2C)c1. The van der Waals surface area contributed by atoms with Crippen LogP contribution in [0.3, 0.4) is 0 Å². The van der Waals surface area contributed by atoms with Crippen molar-refractivity contribution in [3.8, 4) is 5.75 Å². The molecule has 2 rings (SSSR count). The van der Waals surface area contributed by atoms with E-state index in [1.165, 1.54) is 13.1 Å². The number of carbonyl (C=O) groups is 3. The number of hydrogen-bond donors (Lipinski definition) is 2. The van der Waals surface area contributed by atoms with Crippen molar-refractivity contribution in [1.82, 2.24) is 5.32 Å². The van der Waals surface area contributed by atoms with Crippen LogP contribution in [-0.4, -0.2) is 38.0 Å². The summed E-state index contributed by atoms with van der Waals surface area (Å²) in [5.41, 5.74) is 3.82. The van der Waals surface area contributed by atoms with E-state index in [1.54, 1.807) is 18.2 Å². The summed E-state index contributed by atoms with van der Waals surface area (Å²) in [6, 6.07) is 10.4. The molecule has 7 nitrogen and oxygen atoms in total. The minimum atomic E-state index is -0.645. The maximum atomic E-state index is 12.0. The second-order valence-corrected chi connectivity index (χ2v) is 6.39. The summed E-state index contributed by atoms with van der Waals surface area (Å²) in [5, 5.41) is 5.08. The molecule has 2 amide bonds. The molecule has 7 heteroatoms. The number of benzene rings is 2. The van der Waals surface area contributed by atoms with Gasteiger partial charge in [0.05, 0.1) is 0 Å². The monoisotopic (exact) mass is 384 g/mol. The molecule has 2 aromatic rings. The van der Waals surface area contributed by atoms with Gasteiger partial charge >= 0.3 is 5.97 Å². The highest BCUT2D eigenvalue weighted by atomic mass is 16.6. The van der Waals surface area contributed by atoms with Gasteiger partial charge in [-0.25, -0.2) is 4.79 Å². The Morgan fingerprint density at radius 2 is 1.64 bits per heavy atom. The van der Waals surface area contributed by atoms with Crippen LogP contribution in [-0.2, 0) is 14.3 Å². The smallest absolute Gasteiger partial charge is 0.344 e. The van der Waals surface area contributed by atoms with Gasteiger partial charge in [0.2, 0.25) is 0 Å². The second kappa shape index (κ2) is 9.55. The molecule has 0 aliphatic carbocycles. The molecule has 0 aliphatic heterocycles. The molecule has 2 N–H and O–H groups in total. The van der Waals surface area contributed by atoms with Crippen molar-refractivity contribution in [2.75, 3.05) is 25.6 Å². The van der Waals surface area contributed by atoms with E-state index < -0.39 is 18.5 Å². The fourth-order valence-corrected chi connectivity index (χ4v) is 2.79. The van der Waals surface area contributed by atoms with Crippen LogP contribution in [0.4, 0.5) is 5.69 Å². The molecule has 0 bridgehead atoms. The van der Waals surface area contributed by atoms with Crippen LogP contribution in [0.15, 0.2) is 36.4 Å². The Bertz CT molecular complexity index is 869. The predicted molar refractivity (Wildman–Crippen MR) is 106 cm³/mol. The number of anilines is 1. The lowest BCUT2D eigenvalue weighted by Crippen LogP contribution is -2.24. The van der Waals surface area contributed by atoms with E-state index >= 15 is 0 Å². The fourth-order valence-electron chi connectivity index (χ4n) is 2.79. The molecule has 0 heterocycles. The van der Waals surface area contributed by atoms with Gasteiger partial charge in [-0.2, -0.15) is 0 Å². The van der Waals surface area contributed by atoms with Crippen LogP contribution >= 0.6 is 0 Å². The highest BCUT2D eigenvalue weighted by molar-refractivity contribution is 5.97. The summed E-state index contributed by atoms with van der Waals surface area (Å²) in [6.07, 6.45) is 0. The Morgan fingerprint density at radius 3 is 2.29 bits per heavy atom. The standard InChI is InChI=1S/C21H24N2O5/c1-13-8-14(2)20(15(3)9-13)28-12-19(25)27-11-18(24)23-17-7-5-6-16(10-17)21(26)22-4/h5-10H,11-12H2,1-4H3,(H,22,26)(H,23,24). The summed E-state index contributed by atoms with van der Waals surface area (Å²) in [5.74, 6) is -0.780. The van der Waals surface area contributed by atoms with Gasteiger partial charge < -0.3 is 20.1 Å². The van der Waals surface area contributed by atoms with Gasteiger partial charge in [-0.15, -0.1) is 0 Å². The van der Waals surface area contributed by atoms with E-state index in [9.17, 15) is 14.4 Å². The first-order valence-electron chi connectivity index (χ1n) is 8.78. The zero-order valence-corrected chi connectivity index (χ0v) is 16.4. The molecule has 0 aromatic heterocycles. The summed E-state index contributed by atoms with van der Waals surface area (Å²) in [4.78, 5) is 35.4. The van der Waals surface area contributed by atoms with Crippen LogP contribution in [0, 0.1) is 20.8 Å². The molecule has 0 saturated heterocycles. The molecule has 0 fully saturated rings. The Kier molecular flexibility index (Phi) is 7.14. The third kappa shape index (κ3) is 5.84. The minimum absolute atomic E-state index is 0.263. The first-order valence-corrected chi connectivity index (χ1v) is 8.78. The van der Waals surface area contributed by atoms with Gasteiger partial charge in [-0.05, 0) is 50.1 Å². The lowest BCUT2D eigenvalue weighted by molar-refractivity contribution is -0.149. The van der Waals surface area contributed by atoms with Crippen molar-refractivity contribution in [1.29, 1.82) is 0 Å². The number of carbonyl (C=O) groups excluding carboxylic acids is 3. The third-order valence-electron chi connectivity index (χ3n) is 3.94. The maximum absolute atomic E-state index is 12.0. The number of hydrogen-bond acceptors (Lipinski definition) is 5. The molecule has 0 aliphatic rings. The van der Waals surface area contributed by atoms with E-state index in [-0.39, 0.29) is 12.5 Å². The summed E-state index contributed by atoms with van der Waals surface area (Å²) in [6.45, 7) is 5.06. The molecular formula is C21H24N2O5. The Morgan fingerprint density at radius 1 is 0.964 bits per heavy atom. The molecule has 148 valence electrons. The number of amides is 2. The number of aryl methyl sites for hydroxylation is 3. The van der Waals surface area contributed by atoms with Gasteiger partial charge in [-0.1, -0.05) is 23.8 Å². The first-order chi connectivity index (χ1) is 13.3. The van der Waals surface area contributed by atoms with Gasteiger partial charge in [-0.3, -0.25) is 9.59 Å². The van der Waals surface area contributed by atoms with Crippen molar-refractivity contribution < 1.29 is 23.9 Å². The normalized spacial score (nSPS) is 10.1.